The zero-order valence-corrected chi connectivity index (χ0v) is 12.0. The van der Waals surface area contributed by atoms with Crippen molar-refractivity contribution in [2.75, 3.05) is 29.9 Å². The number of H-pyrrole nitrogens is 1. The normalized spacial score (nSPS) is 16.9. The van der Waals surface area contributed by atoms with Crippen molar-refractivity contribution in [1.29, 1.82) is 0 Å². The molecule has 1 unspecified atom stereocenters. The summed E-state index contributed by atoms with van der Waals surface area (Å²) < 4.78 is 0. The number of anilines is 2. The Bertz CT molecular complexity index is 601. The van der Waals surface area contributed by atoms with Gasteiger partial charge in [-0.25, -0.2) is 0 Å². The summed E-state index contributed by atoms with van der Waals surface area (Å²) in [5, 5.41) is 13.6. The van der Waals surface area contributed by atoms with Crippen LogP contribution in [0.4, 0.5) is 11.8 Å². The predicted molar refractivity (Wildman–Crippen MR) is 80.2 cm³/mol. The maximum atomic E-state index is 9.45. The zero-order valence-electron chi connectivity index (χ0n) is 12.0. The lowest BCUT2D eigenvalue weighted by atomic mass is 10.3. The number of aromatic nitrogens is 3. The molecule has 1 aliphatic heterocycles. The second-order valence-corrected chi connectivity index (χ2v) is 5.51. The molecule has 1 saturated heterocycles. The smallest absolute Gasteiger partial charge is 0.229 e. The van der Waals surface area contributed by atoms with Gasteiger partial charge in [0.1, 0.15) is 11.5 Å². The van der Waals surface area contributed by atoms with Crippen molar-refractivity contribution in [3.05, 3.63) is 11.8 Å². The quantitative estimate of drug-likeness (QED) is 0.791. The van der Waals surface area contributed by atoms with E-state index in [9.17, 15) is 5.11 Å². The van der Waals surface area contributed by atoms with Crippen LogP contribution in [0.3, 0.4) is 0 Å². The summed E-state index contributed by atoms with van der Waals surface area (Å²) in [6.07, 6.45) is 1.98. The van der Waals surface area contributed by atoms with Gasteiger partial charge in [0, 0.05) is 25.3 Å². The molecule has 0 saturated carbocycles. The monoisotopic (exact) mass is 275 g/mol. The second-order valence-electron chi connectivity index (χ2n) is 5.51. The number of fused-ring (bicyclic) bond motifs is 1. The number of aryl methyl sites for hydroxylation is 1. The summed E-state index contributed by atoms with van der Waals surface area (Å²) in [5.41, 5.74) is 1.92. The molecular weight excluding hydrogens is 254 g/mol. The maximum absolute atomic E-state index is 9.45. The number of nitrogens with zero attached hydrogens (tertiary/aromatic N) is 3. The molecule has 3 rings (SSSR count). The first-order valence-electron chi connectivity index (χ1n) is 7.18. The van der Waals surface area contributed by atoms with Crippen LogP contribution >= 0.6 is 0 Å². The van der Waals surface area contributed by atoms with Gasteiger partial charge in [-0.1, -0.05) is 0 Å². The fourth-order valence-electron chi connectivity index (χ4n) is 2.57. The highest BCUT2D eigenvalue weighted by Gasteiger charge is 2.18. The first-order valence-corrected chi connectivity index (χ1v) is 7.18. The highest BCUT2D eigenvalue weighted by atomic mass is 16.3. The first-order chi connectivity index (χ1) is 9.63. The van der Waals surface area contributed by atoms with Gasteiger partial charge in [0.05, 0.1) is 11.5 Å². The van der Waals surface area contributed by atoms with Crippen LogP contribution in [0.1, 0.15) is 25.5 Å². The Morgan fingerprint density at radius 2 is 2.15 bits per heavy atom. The number of nitrogens with one attached hydrogen (secondary N) is 2. The van der Waals surface area contributed by atoms with Crippen LogP contribution in [-0.2, 0) is 0 Å². The second kappa shape index (κ2) is 5.28. The van der Waals surface area contributed by atoms with Gasteiger partial charge in [-0.15, -0.1) is 0 Å². The molecule has 1 atom stereocenters. The van der Waals surface area contributed by atoms with Crippen LogP contribution in [0.25, 0.3) is 11.0 Å². The van der Waals surface area contributed by atoms with Gasteiger partial charge in [0.25, 0.3) is 0 Å². The van der Waals surface area contributed by atoms with E-state index in [1.54, 1.807) is 6.92 Å². The highest BCUT2D eigenvalue weighted by Crippen LogP contribution is 2.25. The van der Waals surface area contributed by atoms with Crippen LogP contribution < -0.4 is 10.2 Å². The number of aromatic amines is 1. The Balaban J connectivity index is 1.99. The molecular formula is C14H21N5O. The third kappa shape index (κ3) is 2.56. The minimum Gasteiger partial charge on any atom is -0.392 e. The average molecular weight is 275 g/mol. The third-order valence-electron chi connectivity index (χ3n) is 3.56. The molecule has 2 aromatic rings. The summed E-state index contributed by atoms with van der Waals surface area (Å²) in [4.78, 5) is 14.7. The number of rotatable bonds is 4. The van der Waals surface area contributed by atoms with E-state index in [0.29, 0.717) is 6.54 Å². The van der Waals surface area contributed by atoms with Gasteiger partial charge >= 0.3 is 0 Å². The van der Waals surface area contributed by atoms with E-state index < -0.39 is 6.10 Å². The van der Waals surface area contributed by atoms with Crippen molar-refractivity contribution in [2.24, 2.45) is 0 Å². The van der Waals surface area contributed by atoms with Gasteiger partial charge in [0.15, 0.2) is 0 Å². The largest absolute Gasteiger partial charge is 0.392 e. The van der Waals surface area contributed by atoms with Crippen LogP contribution in [0.5, 0.6) is 0 Å². The molecule has 0 spiro atoms. The number of aliphatic hydroxyl groups is 1. The molecule has 2 aromatic heterocycles. The SMILES string of the molecule is Cc1cc2c(NCC(C)O)nc(N3CCCC3)nc2[nH]1. The molecule has 0 radical (unpaired) electrons. The Labute approximate surface area is 118 Å². The van der Waals surface area contributed by atoms with E-state index in [0.717, 1.165) is 41.6 Å². The molecule has 0 aromatic carbocycles. The van der Waals surface area contributed by atoms with E-state index in [1.165, 1.54) is 12.8 Å². The standard InChI is InChI=1S/C14H21N5O/c1-9-7-11-12(15-8-10(2)20)17-14(18-13(11)16-9)19-5-3-4-6-19/h7,10,20H,3-6,8H2,1-2H3,(H2,15,16,17,18). The Morgan fingerprint density at radius 1 is 1.40 bits per heavy atom. The molecule has 3 N–H and O–H groups in total. The molecule has 20 heavy (non-hydrogen) atoms. The summed E-state index contributed by atoms with van der Waals surface area (Å²) in [5.74, 6) is 1.56. The highest BCUT2D eigenvalue weighted by molar-refractivity contribution is 5.89. The summed E-state index contributed by atoms with van der Waals surface area (Å²) >= 11 is 0. The van der Waals surface area contributed by atoms with Gasteiger partial charge in [-0.05, 0) is 32.8 Å². The minimum atomic E-state index is -0.407. The summed E-state index contributed by atoms with van der Waals surface area (Å²) in [7, 11) is 0. The molecule has 108 valence electrons. The Hall–Kier alpha value is -1.82. The van der Waals surface area contributed by atoms with Crippen LogP contribution in [0.2, 0.25) is 0 Å². The predicted octanol–water partition coefficient (Wildman–Crippen LogP) is 1.66. The minimum absolute atomic E-state index is 0.407. The van der Waals surface area contributed by atoms with E-state index >= 15 is 0 Å². The van der Waals surface area contributed by atoms with E-state index in [4.69, 9.17) is 0 Å². The van der Waals surface area contributed by atoms with Crippen LogP contribution in [0.15, 0.2) is 6.07 Å². The Morgan fingerprint density at radius 3 is 2.85 bits per heavy atom. The topological polar surface area (TPSA) is 77.1 Å². The van der Waals surface area contributed by atoms with Gasteiger partial charge in [0.2, 0.25) is 5.95 Å². The number of aliphatic hydroxyl groups excluding tert-OH is 1. The number of hydrogen-bond acceptors (Lipinski definition) is 5. The van der Waals surface area contributed by atoms with E-state index in [2.05, 4.69) is 25.2 Å². The van der Waals surface area contributed by atoms with Gasteiger partial charge in [-0.3, -0.25) is 0 Å². The maximum Gasteiger partial charge on any atom is 0.229 e. The molecule has 1 fully saturated rings. The third-order valence-corrected chi connectivity index (χ3v) is 3.56. The van der Waals surface area contributed by atoms with Crippen molar-refractivity contribution in [1.82, 2.24) is 15.0 Å². The Kier molecular flexibility index (Phi) is 3.48. The number of hydrogen-bond donors (Lipinski definition) is 3. The fraction of sp³-hybridized carbons (Fsp3) is 0.571. The van der Waals surface area contributed by atoms with Crippen molar-refractivity contribution < 1.29 is 5.11 Å². The first kappa shape index (κ1) is 13.2. The van der Waals surface area contributed by atoms with Crippen molar-refractivity contribution in [3.8, 4) is 0 Å². The summed E-state index contributed by atoms with van der Waals surface area (Å²) in [6, 6.07) is 2.04. The van der Waals surface area contributed by atoms with Crippen molar-refractivity contribution in [3.63, 3.8) is 0 Å². The molecule has 1 aliphatic rings. The van der Waals surface area contributed by atoms with Gasteiger partial charge < -0.3 is 20.3 Å². The van der Waals surface area contributed by atoms with Crippen LogP contribution in [-0.4, -0.2) is 45.8 Å². The average Bonchev–Trinajstić information content (AvgIpc) is 3.02. The van der Waals surface area contributed by atoms with E-state index in [1.807, 2.05) is 13.0 Å². The lowest BCUT2D eigenvalue weighted by Crippen LogP contribution is -2.22. The lowest BCUT2D eigenvalue weighted by molar-refractivity contribution is 0.208. The molecule has 6 nitrogen and oxygen atoms in total. The molecule has 0 amide bonds. The molecule has 6 heteroatoms. The van der Waals surface area contributed by atoms with Crippen molar-refractivity contribution >= 4 is 22.8 Å². The molecule has 0 bridgehead atoms. The molecule has 0 aliphatic carbocycles. The summed E-state index contributed by atoms with van der Waals surface area (Å²) in [6.45, 7) is 6.28. The molecule has 3 heterocycles. The lowest BCUT2D eigenvalue weighted by Gasteiger charge is -2.17. The fourth-order valence-corrected chi connectivity index (χ4v) is 2.57. The van der Waals surface area contributed by atoms with E-state index in [-0.39, 0.29) is 0 Å². The zero-order chi connectivity index (χ0) is 14.1. The van der Waals surface area contributed by atoms with Crippen molar-refractivity contribution in [2.45, 2.75) is 32.8 Å². The van der Waals surface area contributed by atoms with Crippen LogP contribution in [0, 0.1) is 6.92 Å². The van der Waals surface area contributed by atoms with Gasteiger partial charge in [-0.2, -0.15) is 9.97 Å².